The summed E-state index contributed by atoms with van der Waals surface area (Å²) in [7, 11) is 0. The lowest BCUT2D eigenvalue weighted by atomic mass is 9.96. The Bertz CT molecular complexity index is 2330. The number of nitrogens with one attached hydrogen (secondary N) is 8. The van der Waals surface area contributed by atoms with E-state index in [9.17, 15) is 68.4 Å². The molecule has 0 aromatic heterocycles. The van der Waals surface area contributed by atoms with E-state index < -0.39 is 132 Å². The predicted octanol–water partition coefficient (Wildman–Crippen LogP) is 0.968. The molecular formula is C54H83N9O14S2. The second kappa shape index (κ2) is 35.2. The molecule has 0 aliphatic heterocycles. The van der Waals surface area contributed by atoms with Gasteiger partial charge in [-0.1, -0.05) is 90.4 Å². The van der Waals surface area contributed by atoms with Gasteiger partial charge in [0.05, 0.1) is 18.6 Å². The highest BCUT2D eigenvalue weighted by molar-refractivity contribution is 7.98. The van der Waals surface area contributed by atoms with Gasteiger partial charge in [0, 0.05) is 12.8 Å². The summed E-state index contributed by atoms with van der Waals surface area (Å²) in [5, 5.41) is 60.8. The Kier molecular flexibility index (Phi) is 30.6. The van der Waals surface area contributed by atoms with Gasteiger partial charge in [-0.15, -0.1) is 0 Å². The largest absolute Gasteiger partial charge is 0.508 e. The van der Waals surface area contributed by atoms with Gasteiger partial charge in [-0.25, -0.2) is 4.79 Å². The summed E-state index contributed by atoms with van der Waals surface area (Å²) in [6.07, 6.45) is 1.67. The number of phenolic OH excluding ortho intramolecular Hbond substituents is 1. The van der Waals surface area contributed by atoms with Gasteiger partial charge in [0.25, 0.3) is 0 Å². The van der Waals surface area contributed by atoms with Crippen LogP contribution in [0.3, 0.4) is 0 Å². The Labute approximate surface area is 471 Å². The van der Waals surface area contributed by atoms with Crippen LogP contribution in [-0.2, 0) is 60.8 Å². The van der Waals surface area contributed by atoms with Gasteiger partial charge in [0.15, 0.2) is 0 Å². The van der Waals surface area contributed by atoms with Gasteiger partial charge in [0.2, 0.25) is 47.3 Å². The van der Waals surface area contributed by atoms with Crippen molar-refractivity contribution in [3.8, 4) is 5.75 Å². The van der Waals surface area contributed by atoms with Gasteiger partial charge >= 0.3 is 11.9 Å². The Morgan fingerprint density at radius 3 is 1.42 bits per heavy atom. The van der Waals surface area contributed by atoms with Crippen molar-refractivity contribution >= 4 is 82.7 Å². The monoisotopic (exact) mass is 1150 g/mol. The first-order valence-corrected chi connectivity index (χ1v) is 29.1. The van der Waals surface area contributed by atoms with Crippen molar-refractivity contribution in [3.63, 3.8) is 0 Å². The van der Waals surface area contributed by atoms with Crippen molar-refractivity contribution in [1.82, 2.24) is 42.5 Å². The van der Waals surface area contributed by atoms with Gasteiger partial charge < -0.3 is 68.7 Å². The molecule has 0 aliphatic rings. The number of carboxylic acids is 2. The lowest BCUT2D eigenvalue weighted by Gasteiger charge is -2.30. The molecule has 14 N–H and O–H groups in total. The van der Waals surface area contributed by atoms with Gasteiger partial charge in [0.1, 0.15) is 54.1 Å². The normalized spacial score (nSPS) is 15.5. The fourth-order valence-electron chi connectivity index (χ4n) is 8.03. The molecule has 25 heteroatoms. The second-order valence-corrected chi connectivity index (χ2v) is 22.4. The van der Waals surface area contributed by atoms with Crippen LogP contribution >= 0.6 is 23.5 Å². The average Bonchev–Trinajstić information content (AvgIpc) is 3.39. The smallest absolute Gasteiger partial charge is 0.326 e. The third-order valence-corrected chi connectivity index (χ3v) is 14.0. The molecular weight excluding hydrogens is 1060 g/mol. The van der Waals surface area contributed by atoms with Crippen LogP contribution in [0.5, 0.6) is 5.75 Å². The molecule has 2 aromatic rings. The molecule has 0 saturated carbocycles. The van der Waals surface area contributed by atoms with Crippen LogP contribution in [0.25, 0.3) is 0 Å². The van der Waals surface area contributed by atoms with E-state index in [1.807, 2.05) is 19.4 Å². The standard InChI is InChI=1S/C54H83N9O14S2/c1-10-31(6)44(62-47(69)37(21-23-79-9)56-46(68)36(55)20-22-78-8)52(74)59-39(26-33-14-12-11-13-15-33)48(70)57-38(24-29(2)3)51(73)63-45(32(7)64)53(75)60-40(27-34-16-18-35(65)19-17-34)49(71)58-41(28-43(66)67)50(72)61-42(54(76)77)25-30(4)5/h11-19,29-32,36-42,44-45,64-65H,10,20-28,55H2,1-9H3,(H,56,68)(H,57,70)(H,58,71)(H,59,74)(H,60,75)(H,61,72)(H,62,69)(H,63,73)(H,66,67)(H,76,77)/t31-,32+,36-,37-,38-,39-,40-,41-,42-,44-,45-/m0/s1. The molecule has 0 heterocycles. The lowest BCUT2D eigenvalue weighted by molar-refractivity contribution is -0.144. The molecule has 0 saturated heterocycles. The van der Waals surface area contributed by atoms with E-state index in [-0.39, 0.29) is 49.7 Å². The number of benzene rings is 2. The minimum absolute atomic E-state index is 0.0216. The van der Waals surface area contributed by atoms with Crippen LogP contribution in [0.15, 0.2) is 54.6 Å². The van der Waals surface area contributed by atoms with Crippen LogP contribution in [0, 0.1) is 17.8 Å². The number of carbonyl (C=O) groups excluding carboxylic acids is 8. The molecule has 0 fully saturated rings. The first-order valence-electron chi connectivity index (χ1n) is 26.3. The number of hydrogen-bond acceptors (Lipinski definition) is 15. The van der Waals surface area contributed by atoms with Crippen molar-refractivity contribution in [2.45, 2.75) is 160 Å². The third-order valence-electron chi connectivity index (χ3n) is 12.7. The maximum absolute atomic E-state index is 14.5. The SMILES string of the molecule is CC[C@H](C)[C@H](NC(=O)[C@H](CCSC)NC(=O)[C@@H](N)CCSC)C(=O)N[C@@H](Cc1ccccc1)C(=O)N[C@@H](CC(C)C)C(=O)N[C@H](C(=O)N[C@@H](Cc1ccc(O)cc1)C(=O)N[C@@H](CC(=O)O)C(=O)N[C@@H](CC(C)C)C(=O)O)[C@@H](C)O. The Morgan fingerprint density at radius 2 is 0.924 bits per heavy atom. The fraction of sp³-hybridized carbons (Fsp3) is 0.593. The number of aliphatic hydroxyl groups is 1. The first-order chi connectivity index (χ1) is 37.2. The molecule has 11 atom stereocenters. The van der Waals surface area contributed by atoms with Crippen molar-refractivity contribution in [2.75, 3.05) is 24.0 Å². The van der Waals surface area contributed by atoms with Crippen LogP contribution in [-0.4, -0.2) is 164 Å². The summed E-state index contributed by atoms with van der Waals surface area (Å²) in [5.74, 6) is -9.87. The number of aliphatic hydroxyl groups excluding tert-OH is 1. The molecule has 0 bridgehead atoms. The van der Waals surface area contributed by atoms with Crippen LogP contribution in [0.2, 0.25) is 0 Å². The summed E-state index contributed by atoms with van der Waals surface area (Å²) < 4.78 is 0. The second-order valence-electron chi connectivity index (χ2n) is 20.4. The zero-order chi connectivity index (χ0) is 59.5. The molecule has 0 aliphatic carbocycles. The molecule has 8 amide bonds. The summed E-state index contributed by atoms with van der Waals surface area (Å²) in [6, 6.07) is 1.57. The number of aromatic hydroxyl groups is 1. The molecule has 2 aromatic carbocycles. The van der Waals surface area contributed by atoms with Crippen molar-refractivity contribution in [3.05, 3.63) is 65.7 Å². The zero-order valence-electron chi connectivity index (χ0n) is 46.5. The number of thioether (sulfide) groups is 2. The lowest BCUT2D eigenvalue weighted by Crippen LogP contribution is -2.62. The summed E-state index contributed by atoms with van der Waals surface area (Å²) in [6.45, 7) is 11.7. The van der Waals surface area contributed by atoms with Crippen LogP contribution in [0.4, 0.5) is 0 Å². The highest BCUT2D eigenvalue weighted by atomic mass is 32.2. The van der Waals surface area contributed by atoms with E-state index in [1.165, 1.54) is 54.7 Å². The molecule has 79 heavy (non-hydrogen) atoms. The van der Waals surface area contributed by atoms with Crippen LogP contribution < -0.4 is 48.3 Å². The molecule has 2 rings (SSSR count). The van der Waals surface area contributed by atoms with E-state index in [2.05, 4.69) is 42.5 Å². The van der Waals surface area contributed by atoms with E-state index in [0.29, 0.717) is 35.5 Å². The first kappa shape index (κ1) is 68.7. The number of phenols is 1. The topological polar surface area (TPSA) is 374 Å². The van der Waals surface area contributed by atoms with Crippen molar-refractivity contribution in [1.29, 1.82) is 0 Å². The number of carbonyl (C=O) groups is 10. The summed E-state index contributed by atoms with van der Waals surface area (Å²) >= 11 is 2.98. The maximum atomic E-state index is 14.5. The molecule has 0 spiro atoms. The van der Waals surface area contributed by atoms with Crippen LogP contribution in [0.1, 0.15) is 98.1 Å². The summed E-state index contributed by atoms with van der Waals surface area (Å²) in [5.41, 5.74) is 7.09. The predicted molar refractivity (Wildman–Crippen MR) is 301 cm³/mol. The minimum Gasteiger partial charge on any atom is -0.508 e. The Balaban J connectivity index is 2.51. The number of amides is 8. The highest BCUT2D eigenvalue weighted by Gasteiger charge is 2.38. The van der Waals surface area contributed by atoms with E-state index in [1.54, 1.807) is 65.0 Å². The number of rotatable bonds is 36. The highest BCUT2D eigenvalue weighted by Crippen LogP contribution is 2.16. The minimum atomic E-state index is -1.83. The quantitative estimate of drug-likeness (QED) is 0.0452. The number of carboxylic acid groups (broad SMARTS) is 2. The van der Waals surface area contributed by atoms with Gasteiger partial charge in [-0.2, -0.15) is 23.5 Å². The Morgan fingerprint density at radius 1 is 0.506 bits per heavy atom. The van der Waals surface area contributed by atoms with Crippen molar-refractivity contribution in [2.24, 2.45) is 23.5 Å². The number of hydrogen-bond donors (Lipinski definition) is 13. The van der Waals surface area contributed by atoms with Gasteiger partial charge in [-0.05, 0) is 97.6 Å². The summed E-state index contributed by atoms with van der Waals surface area (Å²) in [4.78, 5) is 136. The van der Waals surface area contributed by atoms with E-state index >= 15 is 0 Å². The molecule has 440 valence electrons. The van der Waals surface area contributed by atoms with E-state index in [0.717, 1.165) is 0 Å². The van der Waals surface area contributed by atoms with E-state index in [4.69, 9.17) is 5.73 Å². The number of aliphatic carboxylic acids is 2. The maximum Gasteiger partial charge on any atom is 0.326 e. The molecule has 0 radical (unpaired) electrons. The molecule has 0 unspecified atom stereocenters. The third kappa shape index (κ3) is 25.1. The van der Waals surface area contributed by atoms with Crippen molar-refractivity contribution < 1.29 is 68.4 Å². The van der Waals surface area contributed by atoms with Gasteiger partial charge in [-0.3, -0.25) is 43.2 Å². The fourth-order valence-corrected chi connectivity index (χ4v) is 8.99. The Hall–Kier alpha value is -6.44. The number of nitrogens with two attached hydrogens (primary N) is 1. The molecule has 23 nitrogen and oxygen atoms in total. The average molecular weight is 1150 g/mol. The zero-order valence-corrected chi connectivity index (χ0v) is 48.2.